The summed E-state index contributed by atoms with van der Waals surface area (Å²) < 4.78 is 12.0. The SMILES string of the molecule is CCC(C)CC(=O)NCCCCc1ncc(/C(N)=C/C2=C(N)Oc3cc(-c4cnc(CCCCN(C)C(=O)CC(C)CC)[nH]4)ccc3O2)[nH]1. The molecule has 7 N–H and O–H groups in total. The van der Waals surface area contributed by atoms with Crippen LogP contribution in [0.4, 0.5) is 0 Å². The number of unbranched alkanes of at least 4 members (excludes halogenated alkanes) is 2. The maximum absolute atomic E-state index is 12.3. The number of fused-ring (bicyclic) bond motifs is 1. The van der Waals surface area contributed by atoms with Gasteiger partial charge in [0.05, 0.1) is 29.5 Å². The summed E-state index contributed by atoms with van der Waals surface area (Å²) in [5.41, 5.74) is 15.4. The van der Waals surface area contributed by atoms with E-state index in [1.807, 2.05) is 36.3 Å². The van der Waals surface area contributed by atoms with Crippen LogP contribution in [0, 0.1) is 11.8 Å². The van der Waals surface area contributed by atoms with Crippen molar-refractivity contribution < 1.29 is 19.1 Å². The van der Waals surface area contributed by atoms with Crippen LogP contribution in [-0.2, 0) is 22.4 Å². The van der Waals surface area contributed by atoms with Crippen LogP contribution in [0.25, 0.3) is 17.0 Å². The zero-order chi connectivity index (χ0) is 35.3. The third kappa shape index (κ3) is 11.2. The molecule has 2 unspecified atom stereocenters. The van der Waals surface area contributed by atoms with Crippen molar-refractivity contribution in [2.24, 2.45) is 23.3 Å². The smallest absolute Gasteiger partial charge is 0.234 e. The number of aryl methyl sites for hydroxylation is 2. The van der Waals surface area contributed by atoms with Crippen LogP contribution in [0.1, 0.15) is 96.4 Å². The quantitative estimate of drug-likeness (QED) is 0.0992. The second kappa shape index (κ2) is 18.1. The number of rotatable bonds is 19. The summed E-state index contributed by atoms with van der Waals surface area (Å²) in [5, 5.41) is 2.99. The van der Waals surface area contributed by atoms with Gasteiger partial charge in [-0.15, -0.1) is 0 Å². The fraction of sp³-hybridized carbons (Fsp3) is 0.514. The average molecular weight is 675 g/mol. The van der Waals surface area contributed by atoms with Gasteiger partial charge in [0.2, 0.25) is 17.7 Å². The maximum Gasteiger partial charge on any atom is 0.234 e. The Balaban J connectivity index is 1.25. The molecule has 49 heavy (non-hydrogen) atoms. The highest BCUT2D eigenvalue weighted by atomic mass is 16.6. The number of aromatic amines is 2. The highest BCUT2D eigenvalue weighted by molar-refractivity contribution is 5.76. The van der Waals surface area contributed by atoms with Crippen LogP contribution in [0.2, 0.25) is 0 Å². The number of carbonyl (C=O) groups excluding carboxylic acids is 2. The molecule has 12 nitrogen and oxygen atoms in total. The molecule has 266 valence electrons. The first-order chi connectivity index (χ1) is 23.6. The minimum atomic E-state index is 0.0978. The summed E-state index contributed by atoms with van der Waals surface area (Å²) in [6.45, 7) is 9.81. The Morgan fingerprint density at radius 2 is 1.63 bits per heavy atom. The summed E-state index contributed by atoms with van der Waals surface area (Å²) in [6.07, 6.45) is 13.4. The lowest BCUT2D eigenvalue weighted by Gasteiger charge is -2.20. The predicted octanol–water partition coefficient (Wildman–Crippen LogP) is 5.79. The van der Waals surface area contributed by atoms with Gasteiger partial charge in [-0.2, -0.15) is 0 Å². The number of carbonyl (C=O) groups is 2. The lowest BCUT2D eigenvalue weighted by molar-refractivity contribution is -0.130. The van der Waals surface area contributed by atoms with Gasteiger partial charge in [0.25, 0.3) is 0 Å². The molecule has 0 saturated carbocycles. The van der Waals surface area contributed by atoms with Gasteiger partial charge in [0.15, 0.2) is 17.3 Å². The van der Waals surface area contributed by atoms with Gasteiger partial charge in [0, 0.05) is 57.5 Å². The van der Waals surface area contributed by atoms with Crippen molar-refractivity contribution in [3.63, 3.8) is 0 Å². The molecule has 0 fully saturated rings. The van der Waals surface area contributed by atoms with Gasteiger partial charge in [-0.25, -0.2) is 9.97 Å². The zero-order valence-electron chi connectivity index (χ0n) is 29.7. The van der Waals surface area contributed by atoms with E-state index in [1.54, 1.807) is 12.3 Å². The van der Waals surface area contributed by atoms with Crippen molar-refractivity contribution in [1.82, 2.24) is 30.2 Å². The van der Waals surface area contributed by atoms with Gasteiger partial charge in [0.1, 0.15) is 11.6 Å². The summed E-state index contributed by atoms with van der Waals surface area (Å²) in [6, 6.07) is 5.62. The minimum Gasteiger partial charge on any atom is -0.448 e. The number of benzene rings is 1. The van der Waals surface area contributed by atoms with Crippen molar-refractivity contribution in [2.75, 3.05) is 20.1 Å². The highest BCUT2D eigenvalue weighted by Gasteiger charge is 2.21. The fourth-order valence-electron chi connectivity index (χ4n) is 5.31. The van der Waals surface area contributed by atoms with Crippen LogP contribution >= 0.6 is 0 Å². The van der Waals surface area contributed by atoms with Gasteiger partial charge < -0.3 is 41.1 Å². The number of imidazole rings is 2. The van der Waals surface area contributed by atoms with Crippen LogP contribution in [-0.4, -0.2) is 56.8 Å². The standard InChI is InChI=1S/C37H54N8O4/c1-6-24(3)18-35(46)40-16-10-8-12-34-42-23-29(44-34)27(38)21-32-37(39)49-31-20-26(14-15-30(31)48-32)28-22-41-33(43-28)13-9-11-17-45(5)36(47)19-25(4)7-2/h14-15,20-25H,6-13,16-19,38-39H2,1-5H3,(H,40,46)(H,41,43)(H,42,44)/b27-21-. The van der Waals surface area contributed by atoms with Crippen LogP contribution in [0.5, 0.6) is 11.5 Å². The van der Waals surface area contributed by atoms with Gasteiger partial charge >= 0.3 is 0 Å². The van der Waals surface area contributed by atoms with E-state index in [4.69, 9.17) is 20.9 Å². The predicted molar refractivity (Wildman–Crippen MR) is 192 cm³/mol. The Hall–Kier alpha value is -4.74. The zero-order valence-corrected chi connectivity index (χ0v) is 29.7. The maximum atomic E-state index is 12.3. The van der Waals surface area contributed by atoms with Crippen LogP contribution in [0.15, 0.2) is 48.3 Å². The number of nitrogens with one attached hydrogen (secondary N) is 3. The highest BCUT2D eigenvalue weighted by Crippen LogP contribution is 2.37. The molecule has 3 heterocycles. The third-order valence-corrected chi connectivity index (χ3v) is 8.99. The molecule has 0 spiro atoms. The van der Waals surface area contributed by atoms with Crippen molar-refractivity contribution in [2.45, 2.75) is 91.9 Å². The van der Waals surface area contributed by atoms with Crippen LogP contribution < -0.4 is 26.3 Å². The topological polar surface area (TPSA) is 177 Å². The number of ether oxygens (including phenoxy) is 2. The fourth-order valence-corrected chi connectivity index (χ4v) is 5.31. The van der Waals surface area contributed by atoms with E-state index in [-0.39, 0.29) is 17.7 Å². The number of amides is 2. The molecule has 1 aliphatic rings. The normalized spacial score (nSPS) is 14.1. The van der Waals surface area contributed by atoms with Gasteiger partial charge in [-0.1, -0.05) is 40.5 Å². The molecule has 2 amide bonds. The molecular weight excluding hydrogens is 620 g/mol. The molecule has 0 radical (unpaired) electrons. The number of hydrogen-bond donors (Lipinski definition) is 5. The Labute approximate surface area is 290 Å². The van der Waals surface area contributed by atoms with Crippen LogP contribution in [0.3, 0.4) is 0 Å². The molecule has 0 aliphatic carbocycles. The number of H-pyrrole nitrogens is 2. The molecule has 4 rings (SSSR count). The van der Waals surface area contributed by atoms with E-state index in [0.29, 0.717) is 59.9 Å². The molecular formula is C37H54N8O4. The minimum absolute atomic E-state index is 0.0978. The first kappa shape index (κ1) is 37.1. The molecule has 1 aliphatic heterocycles. The summed E-state index contributed by atoms with van der Waals surface area (Å²) in [4.78, 5) is 41.8. The van der Waals surface area contributed by atoms with E-state index in [2.05, 4.69) is 52.9 Å². The molecule has 1 aromatic carbocycles. The Bertz CT molecular complexity index is 1610. The number of hydrogen-bond acceptors (Lipinski definition) is 8. The largest absolute Gasteiger partial charge is 0.448 e. The van der Waals surface area contributed by atoms with E-state index >= 15 is 0 Å². The molecule has 12 heteroatoms. The number of aromatic nitrogens is 4. The molecule has 0 bridgehead atoms. The monoisotopic (exact) mass is 674 g/mol. The van der Waals surface area contributed by atoms with E-state index in [1.165, 1.54) is 0 Å². The van der Waals surface area contributed by atoms with Crippen molar-refractivity contribution in [3.05, 3.63) is 65.7 Å². The average Bonchev–Trinajstić information content (AvgIpc) is 3.77. The van der Waals surface area contributed by atoms with Crippen molar-refractivity contribution in [3.8, 4) is 22.8 Å². The summed E-state index contributed by atoms with van der Waals surface area (Å²) in [7, 11) is 1.88. The van der Waals surface area contributed by atoms with Gasteiger partial charge in [-0.3, -0.25) is 9.59 Å². The van der Waals surface area contributed by atoms with E-state index in [9.17, 15) is 9.59 Å². The number of allylic oxidation sites excluding steroid dienone is 1. The number of nitrogens with two attached hydrogens (primary N) is 2. The summed E-state index contributed by atoms with van der Waals surface area (Å²) >= 11 is 0. The number of nitrogens with zero attached hydrogens (tertiary/aromatic N) is 3. The first-order valence-electron chi connectivity index (χ1n) is 17.6. The van der Waals surface area contributed by atoms with Crippen molar-refractivity contribution >= 4 is 17.5 Å². The second-order valence-corrected chi connectivity index (χ2v) is 13.2. The second-order valence-electron chi connectivity index (χ2n) is 13.2. The van der Waals surface area contributed by atoms with E-state index in [0.717, 1.165) is 80.8 Å². The third-order valence-electron chi connectivity index (χ3n) is 8.99. The Morgan fingerprint density at radius 3 is 2.39 bits per heavy atom. The first-order valence-corrected chi connectivity index (χ1v) is 17.6. The van der Waals surface area contributed by atoms with Crippen molar-refractivity contribution in [1.29, 1.82) is 0 Å². The molecule has 0 saturated heterocycles. The molecule has 3 aromatic rings. The Kier molecular flexibility index (Phi) is 13.7. The lowest BCUT2D eigenvalue weighted by atomic mass is 10.0. The molecule has 2 atom stereocenters. The van der Waals surface area contributed by atoms with Gasteiger partial charge in [-0.05, 0) is 55.7 Å². The van der Waals surface area contributed by atoms with E-state index < -0.39 is 0 Å². The lowest BCUT2D eigenvalue weighted by Crippen LogP contribution is -2.29. The molecule has 2 aromatic heterocycles. The summed E-state index contributed by atoms with van der Waals surface area (Å²) in [5.74, 6) is 4.26. The Morgan fingerprint density at radius 1 is 0.939 bits per heavy atom.